The summed E-state index contributed by atoms with van der Waals surface area (Å²) < 4.78 is 1.21. The molecule has 0 spiro atoms. The van der Waals surface area contributed by atoms with Gasteiger partial charge in [0.1, 0.15) is 6.04 Å². The van der Waals surface area contributed by atoms with E-state index in [9.17, 15) is 19.5 Å². The van der Waals surface area contributed by atoms with Gasteiger partial charge in [0.05, 0.1) is 6.54 Å². The molecule has 1 unspecified atom stereocenters. The number of hydrazine groups is 1. The average molecular weight is 526 g/mol. The van der Waals surface area contributed by atoms with E-state index in [4.69, 9.17) is 0 Å². The lowest BCUT2D eigenvalue weighted by atomic mass is 9.98. The molecule has 11 heteroatoms. The smallest absolute Gasteiger partial charge is 0.322 e. The van der Waals surface area contributed by atoms with Gasteiger partial charge in [-0.3, -0.25) is 24.4 Å². The molecule has 0 radical (unpaired) electrons. The van der Waals surface area contributed by atoms with Gasteiger partial charge in [0.25, 0.3) is 5.91 Å². The Morgan fingerprint density at radius 2 is 1.72 bits per heavy atom. The summed E-state index contributed by atoms with van der Waals surface area (Å²) in [6.45, 7) is 2.43. The molecule has 0 aliphatic carbocycles. The zero-order valence-corrected chi connectivity index (χ0v) is 21.3. The molecule has 0 bridgehead atoms. The molecule has 1 N–H and O–H groups in total. The van der Waals surface area contributed by atoms with Gasteiger partial charge in [-0.05, 0) is 52.1 Å². The minimum Gasteiger partial charge on any atom is -0.480 e. The van der Waals surface area contributed by atoms with Crippen LogP contribution in [0, 0.1) is 0 Å². The highest BCUT2D eigenvalue weighted by Crippen LogP contribution is 2.31. The molecule has 1 saturated heterocycles. The first-order valence-corrected chi connectivity index (χ1v) is 12.7. The van der Waals surface area contributed by atoms with Gasteiger partial charge in [0.2, 0.25) is 5.91 Å². The molecule has 1 aliphatic heterocycles. The van der Waals surface area contributed by atoms with Crippen molar-refractivity contribution in [2.75, 3.05) is 6.54 Å². The van der Waals surface area contributed by atoms with Crippen LogP contribution < -0.4 is 0 Å². The number of hydrogen-bond donors (Lipinski definition) is 1. The van der Waals surface area contributed by atoms with Gasteiger partial charge in [-0.1, -0.05) is 55.5 Å². The number of tetrazole rings is 1. The molecular weight excluding hydrogens is 498 g/mol. The number of carbonyl (C=O) groups is 3. The standard InChI is InChI=1S/C28H27N7O4/c1-2-25(36)35-26(30-31-32-35)23-7-4-3-6-22(23)20-11-9-19(10-12-20)18-34(27(37)21-13-15-29-16-14-21)33-17-5-8-24(33)28(38)39/h3-4,6-7,9-16,24H,2,5,8,17-18H2,1H3,(H,38,39). The highest BCUT2D eigenvalue weighted by Gasteiger charge is 2.37. The number of amides is 1. The Kier molecular flexibility index (Phi) is 7.50. The van der Waals surface area contributed by atoms with Gasteiger partial charge in [-0.15, -0.1) is 5.10 Å². The van der Waals surface area contributed by atoms with Crippen molar-refractivity contribution in [2.24, 2.45) is 0 Å². The summed E-state index contributed by atoms with van der Waals surface area (Å²) in [4.78, 5) is 41.7. The van der Waals surface area contributed by atoms with E-state index in [1.165, 1.54) is 9.69 Å². The summed E-state index contributed by atoms with van der Waals surface area (Å²) in [5, 5.41) is 24.6. The Balaban J connectivity index is 1.45. The predicted molar refractivity (Wildman–Crippen MR) is 141 cm³/mol. The van der Waals surface area contributed by atoms with E-state index in [0.717, 1.165) is 16.7 Å². The zero-order valence-electron chi connectivity index (χ0n) is 21.3. The molecule has 5 rings (SSSR count). The van der Waals surface area contributed by atoms with E-state index in [2.05, 4.69) is 20.5 Å². The van der Waals surface area contributed by atoms with Crippen LogP contribution >= 0.6 is 0 Å². The number of hydrogen-bond acceptors (Lipinski definition) is 8. The molecule has 2 aromatic carbocycles. The molecular formula is C28H27N7O4. The highest BCUT2D eigenvalue weighted by molar-refractivity contribution is 5.94. The summed E-state index contributed by atoms with van der Waals surface area (Å²) >= 11 is 0. The molecule has 1 amide bonds. The van der Waals surface area contributed by atoms with Gasteiger partial charge in [0, 0.05) is 36.5 Å². The van der Waals surface area contributed by atoms with Crippen molar-refractivity contribution in [3.8, 4) is 22.5 Å². The van der Waals surface area contributed by atoms with Crippen molar-refractivity contribution >= 4 is 17.8 Å². The fraction of sp³-hybridized carbons (Fsp3) is 0.250. The molecule has 198 valence electrons. The molecule has 3 heterocycles. The number of benzene rings is 2. The SMILES string of the molecule is CCC(=O)n1nnnc1-c1ccccc1-c1ccc(CN(C(=O)c2ccncc2)N2CCCC2C(=O)O)cc1. The number of rotatable bonds is 8. The van der Waals surface area contributed by atoms with Crippen LogP contribution in [0.15, 0.2) is 73.1 Å². The highest BCUT2D eigenvalue weighted by atomic mass is 16.4. The van der Waals surface area contributed by atoms with Crippen molar-refractivity contribution < 1.29 is 19.5 Å². The topological polar surface area (TPSA) is 134 Å². The van der Waals surface area contributed by atoms with Crippen LogP contribution in [0.25, 0.3) is 22.5 Å². The van der Waals surface area contributed by atoms with Crippen molar-refractivity contribution in [3.05, 3.63) is 84.2 Å². The van der Waals surface area contributed by atoms with E-state index >= 15 is 0 Å². The largest absolute Gasteiger partial charge is 0.480 e. The first-order chi connectivity index (χ1) is 19.0. The summed E-state index contributed by atoms with van der Waals surface area (Å²) in [5.74, 6) is -1.08. The van der Waals surface area contributed by atoms with Gasteiger partial charge in [0.15, 0.2) is 5.82 Å². The Hall–Kier alpha value is -4.77. The lowest BCUT2D eigenvalue weighted by Crippen LogP contribution is -2.51. The normalized spacial score (nSPS) is 15.3. The average Bonchev–Trinajstić information content (AvgIpc) is 3.67. The Bertz CT molecular complexity index is 1490. The second-order valence-electron chi connectivity index (χ2n) is 9.16. The van der Waals surface area contributed by atoms with E-state index < -0.39 is 12.0 Å². The third kappa shape index (κ3) is 5.30. The summed E-state index contributed by atoms with van der Waals surface area (Å²) in [7, 11) is 0. The molecule has 11 nitrogen and oxygen atoms in total. The maximum atomic E-state index is 13.5. The van der Waals surface area contributed by atoms with Gasteiger partial charge in [-0.2, -0.15) is 4.68 Å². The molecule has 1 fully saturated rings. The minimum absolute atomic E-state index is 0.204. The second-order valence-corrected chi connectivity index (χ2v) is 9.16. The molecule has 1 aliphatic rings. The predicted octanol–water partition coefficient (Wildman–Crippen LogP) is 3.56. The van der Waals surface area contributed by atoms with Crippen LogP contribution in [0.3, 0.4) is 0 Å². The third-order valence-electron chi connectivity index (χ3n) is 6.75. The number of pyridine rings is 1. The Morgan fingerprint density at radius 3 is 2.41 bits per heavy atom. The van der Waals surface area contributed by atoms with Crippen molar-refractivity contribution in [2.45, 2.75) is 38.8 Å². The first kappa shape index (κ1) is 25.9. The maximum Gasteiger partial charge on any atom is 0.322 e. The van der Waals surface area contributed by atoms with Crippen LogP contribution in [-0.2, 0) is 11.3 Å². The van der Waals surface area contributed by atoms with Gasteiger partial charge >= 0.3 is 5.97 Å². The Labute approximate surface area is 224 Å². The number of carboxylic acid groups (broad SMARTS) is 1. The number of carboxylic acids is 1. The summed E-state index contributed by atoms with van der Waals surface area (Å²) in [6.07, 6.45) is 4.52. The quantitative estimate of drug-likeness (QED) is 0.343. The molecule has 1 atom stereocenters. The number of aliphatic carboxylic acids is 1. The lowest BCUT2D eigenvalue weighted by molar-refractivity contribution is -0.147. The van der Waals surface area contributed by atoms with Crippen LogP contribution in [0.2, 0.25) is 0 Å². The van der Waals surface area contributed by atoms with Crippen LogP contribution in [0.5, 0.6) is 0 Å². The summed E-state index contributed by atoms with van der Waals surface area (Å²) in [6, 6.07) is 17.7. The van der Waals surface area contributed by atoms with E-state index in [1.54, 1.807) is 36.5 Å². The molecule has 2 aromatic heterocycles. The van der Waals surface area contributed by atoms with Crippen LogP contribution in [0.4, 0.5) is 0 Å². The van der Waals surface area contributed by atoms with E-state index in [0.29, 0.717) is 36.3 Å². The van der Waals surface area contributed by atoms with Crippen molar-refractivity contribution in [3.63, 3.8) is 0 Å². The van der Waals surface area contributed by atoms with E-state index in [1.807, 2.05) is 48.5 Å². The number of nitrogens with zero attached hydrogens (tertiary/aromatic N) is 7. The third-order valence-corrected chi connectivity index (χ3v) is 6.75. The summed E-state index contributed by atoms with van der Waals surface area (Å²) in [5.41, 5.74) is 3.71. The van der Waals surface area contributed by atoms with Crippen molar-refractivity contribution in [1.82, 2.24) is 35.2 Å². The molecule has 0 saturated carbocycles. The lowest BCUT2D eigenvalue weighted by Gasteiger charge is -2.34. The zero-order chi connectivity index (χ0) is 27.4. The number of aromatic nitrogens is 5. The fourth-order valence-corrected chi connectivity index (χ4v) is 4.78. The first-order valence-electron chi connectivity index (χ1n) is 12.7. The monoisotopic (exact) mass is 525 g/mol. The molecule has 39 heavy (non-hydrogen) atoms. The fourth-order valence-electron chi connectivity index (χ4n) is 4.78. The Morgan fingerprint density at radius 1 is 1.00 bits per heavy atom. The number of carbonyl (C=O) groups excluding carboxylic acids is 2. The minimum atomic E-state index is -0.948. The van der Waals surface area contributed by atoms with Crippen LogP contribution in [0.1, 0.15) is 46.9 Å². The van der Waals surface area contributed by atoms with Crippen LogP contribution in [-0.4, -0.2) is 70.7 Å². The van der Waals surface area contributed by atoms with Gasteiger partial charge in [-0.25, -0.2) is 5.01 Å². The van der Waals surface area contributed by atoms with E-state index in [-0.39, 0.29) is 24.8 Å². The van der Waals surface area contributed by atoms with Gasteiger partial charge < -0.3 is 5.11 Å². The maximum absolute atomic E-state index is 13.5. The second kappa shape index (κ2) is 11.3. The van der Waals surface area contributed by atoms with Crippen molar-refractivity contribution in [1.29, 1.82) is 0 Å². The molecule has 4 aromatic rings.